The molecule has 0 radical (unpaired) electrons. The van der Waals surface area contributed by atoms with Crippen molar-refractivity contribution in [2.75, 3.05) is 19.6 Å². The second kappa shape index (κ2) is 8.33. The van der Waals surface area contributed by atoms with Gasteiger partial charge >= 0.3 is 4.87 Å². The van der Waals surface area contributed by atoms with Crippen LogP contribution < -0.4 is 4.87 Å². The number of rotatable bonds is 5. The van der Waals surface area contributed by atoms with Gasteiger partial charge in [0, 0.05) is 18.1 Å². The van der Waals surface area contributed by atoms with Crippen molar-refractivity contribution < 1.29 is 9.50 Å². The maximum absolute atomic E-state index is 13.0. The number of hydrogen-bond acceptors (Lipinski definition) is 4. The predicted octanol–water partition coefficient (Wildman–Crippen LogP) is 4.30. The smallest absolute Gasteiger partial charge is 0.308 e. The van der Waals surface area contributed by atoms with Gasteiger partial charge in [0.1, 0.15) is 5.82 Å². The number of aromatic nitrogens is 1. The third-order valence-corrected chi connectivity index (χ3v) is 6.66. The number of likely N-dealkylation sites (tertiary alicyclic amines) is 1. The molecule has 2 aromatic carbocycles. The Hall–Kier alpha value is -1.73. The number of thiazole rings is 1. The van der Waals surface area contributed by atoms with Crippen LogP contribution in [0.5, 0.6) is 0 Å². The lowest BCUT2D eigenvalue weighted by Gasteiger charge is -2.33. The summed E-state index contributed by atoms with van der Waals surface area (Å²) in [6.07, 6.45) is 1.32. The maximum atomic E-state index is 13.0. The van der Waals surface area contributed by atoms with Crippen LogP contribution >= 0.6 is 22.9 Å². The first-order chi connectivity index (χ1) is 13.5. The van der Waals surface area contributed by atoms with Crippen molar-refractivity contribution >= 4 is 33.2 Å². The largest absolute Gasteiger partial charge is 0.387 e. The molecule has 0 saturated carbocycles. The summed E-state index contributed by atoms with van der Waals surface area (Å²) in [6, 6.07) is 11.6. The first-order valence-electron chi connectivity index (χ1n) is 9.44. The van der Waals surface area contributed by atoms with Gasteiger partial charge in [-0.15, -0.1) is 0 Å². The standard InChI is InChI=1S/C21H22ClFN2O2S/c22-16-3-6-20-18(11-16)25(21(27)28-20)12-14-7-9-24(10-8-14)13-19(26)15-1-4-17(23)5-2-15/h1-6,11,14,19,26H,7-10,12-13H2. The van der Waals surface area contributed by atoms with E-state index in [-0.39, 0.29) is 10.7 Å². The van der Waals surface area contributed by atoms with E-state index in [9.17, 15) is 14.3 Å². The SMILES string of the molecule is O=c1sc2ccc(Cl)cc2n1CC1CCN(CC(O)c2ccc(F)cc2)CC1. The highest BCUT2D eigenvalue weighted by molar-refractivity contribution is 7.16. The molecule has 1 N–H and O–H groups in total. The van der Waals surface area contributed by atoms with Gasteiger partial charge in [0.15, 0.2) is 0 Å². The van der Waals surface area contributed by atoms with E-state index in [1.165, 1.54) is 23.5 Å². The molecule has 2 heterocycles. The molecule has 1 unspecified atom stereocenters. The fourth-order valence-corrected chi connectivity index (χ4v) is 4.90. The van der Waals surface area contributed by atoms with Crippen LogP contribution in [0.25, 0.3) is 10.2 Å². The maximum Gasteiger partial charge on any atom is 0.308 e. The van der Waals surface area contributed by atoms with Gasteiger partial charge in [0.05, 0.1) is 16.3 Å². The molecule has 28 heavy (non-hydrogen) atoms. The lowest BCUT2D eigenvalue weighted by Crippen LogP contribution is -2.38. The van der Waals surface area contributed by atoms with Crippen molar-refractivity contribution in [1.29, 1.82) is 0 Å². The second-order valence-corrected chi connectivity index (χ2v) is 8.83. The van der Waals surface area contributed by atoms with E-state index in [2.05, 4.69) is 4.90 Å². The summed E-state index contributed by atoms with van der Waals surface area (Å²) in [4.78, 5) is 14.7. The molecule has 1 fully saturated rings. The highest BCUT2D eigenvalue weighted by Gasteiger charge is 2.23. The molecule has 1 aromatic heterocycles. The molecule has 1 aliphatic heterocycles. The fourth-order valence-electron chi connectivity index (χ4n) is 3.85. The minimum atomic E-state index is -0.622. The van der Waals surface area contributed by atoms with Gasteiger partial charge in [-0.25, -0.2) is 4.39 Å². The van der Waals surface area contributed by atoms with Gasteiger partial charge in [-0.2, -0.15) is 0 Å². The van der Waals surface area contributed by atoms with Gasteiger partial charge in [-0.05, 0) is 67.7 Å². The van der Waals surface area contributed by atoms with Crippen LogP contribution in [0.4, 0.5) is 4.39 Å². The van der Waals surface area contributed by atoms with Crippen molar-refractivity contribution in [1.82, 2.24) is 9.47 Å². The highest BCUT2D eigenvalue weighted by atomic mass is 35.5. The first-order valence-corrected chi connectivity index (χ1v) is 10.6. The summed E-state index contributed by atoms with van der Waals surface area (Å²) < 4.78 is 15.8. The molecule has 0 aliphatic carbocycles. The zero-order valence-electron chi connectivity index (χ0n) is 15.4. The highest BCUT2D eigenvalue weighted by Crippen LogP contribution is 2.26. The summed E-state index contributed by atoms with van der Waals surface area (Å²) in [5.74, 6) is 0.128. The zero-order chi connectivity index (χ0) is 19.7. The molecule has 1 aliphatic rings. The van der Waals surface area contributed by atoms with Crippen LogP contribution in [0.3, 0.4) is 0 Å². The van der Waals surface area contributed by atoms with Crippen LogP contribution in [-0.2, 0) is 6.54 Å². The Labute approximate surface area is 171 Å². The van der Waals surface area contributed by atoms with E-state index >= 15 is 0 Å². The average molecular weight is 421 g/mol. The first kappa shape index (κ1) is 19.6. The summed E-state index contributed by atoms with van der Waals surface area (Å²) in [5, 5.41) is 11.0. The van der Waals surface area contributed by atoms with E-state index < -0.39 is 6.10 Å². The zero-order valence-corrected chi connectivity index (χ0v) is 16.9. The van der Waals surface area contributed by atoms with Crippen molar-refractivity contribution in [3.05, 3.63) is 68.5 Å². The van der Waals surface area contributed by atoms with Crippen LogP contribution in [0, 0.1) is 11.7 Å². The molecular weight excluding hydrogens is 399 g/mol. The number of halogens is 2. The second-order valence-electron chi connectivity index (χ2n) is 7.40. The Morgan fingerprint density at radius 1 is 1.18 bits per heavy atom. The average Bonchev–Trinajstić information content (AvgIpc) is 2.98. The van der Waals surface area contributed by atoms with Gasteiger partial charge < -0.3 is 10.0 Å². The predicted molar refractivity (Wildman–Crippen MR) is 112 cm³/mol. The van der Waals surface area contributed by atoms with E-state index in [0.717, 1.165) is 41.7 Å². The van der Waals surface area contributed by atoms with Crippen molar-refractivity contribution in [3.63, 3.8) is 0 Å². The quantitative estimate of drug-likeness (QED) is 0.669. The summed E-state index contributed by atoms with van der Waals surface area (Å²) in [5.41, 5.74) is 1.65. The van der Waals surface area contributed by atoms with E-state index in [1.807, 2.05) is 22.8 Å². The summed E-state index contributed by atoms with van der Waals surface area (Å²) >= 11 is 7.37. The third kappa shape index (κ3) is 4.30. The monoisotopic (exact) mass is 420 g/mol. The molecule has 4 nitrogen and oxygen atoms in total. The Morgan fingerprint density at radius 2 is 1.89 bits per heavy atom. The molecule has 0 bridgehead atoms. The molecule has 148 valence electrons. The van der Waals surface area contributed by atoms with E-state index in [0.29, 0.717) is 24.0 Å². The number of β-amino-alcohol motifs (C(OH)–C–C–N with tert-alkyl or cyclic N) is 1. The van der Waals surface area contributed by atoms with Crippen LogP contribution in [0.2, 0.25) is 5.02 Å². The van der Waals surface area contributed by atoms with Gasteiger partial charge in [0.2, 0.25) is 0 Å². The van der Waals surface area contributed by atoms with Gasteiger partial charge in [0.25, 0.3) is 0 Å². The molecule has 7 heteroatoms. The van der Waals surface area contributed by atoms with Crippen LogP contribution in [-0.4, -0.2) is 34.2 Å². The van der Waals surface area contributed by atoms with Crippen molar-refractivity contribution in [2.24, 2.45) is 5.92 Å². The molecule has 3 aromatic rings. The number of aliphatic hydroxyl groups excluding tert-OH is 1. The fraction of sp³-hybridized carbons (Fsp3) is 0.381. The lowest BCUT2D eigenvalue weighted by atomic mass is 9.96. The van der Waals surface area contributed by atoms with Crippen molar-refractivity contribution in [2.45, 2.75) is 25.5 Å². The number of benzene rings is 2. The molecular formula is C21H22ClFN2O2S. The van der Waals surface area contributed by atoms with Gasteiger partial charge in [-0.3, -0.25) is 9.36 Å². The molecule has 1 atom stereocenters. The summed E-state index contributed by atoms with van der Waals surface area (Å²) in [6.45, 7) is 2.99. The Bertz CT molecular complexity index is 1010. The van der Waals surface area contributed by atoms with E-state index in [4.69, 9.17) is 11.6 Å². The minimum Gasteiger partial charge on any atom is -0.387 e. The number of piperidine rings is 1. The minimum absolute atomic E-state index is 0.0615. The number of fused-ring (bicyclic) bond motifs is 1. The lowest BCUT2D eigenvalue weighted by molar-refractivity contribution is 0.0867. The molecule has 4 rings (SSSR count). The number of hydrogen-bond donors (Lipinski definition) is 1. The van der Waals surface area contributed by atoms with Crippen molar-refractivity contribution in [3.8, 4) is 0 Å². The van der Waals surface area contributed by atoms with E-state index in [1.54, 1.807) is 12.1 Å². The van der Waals surface area contributed by atoms with Crippen LogP contribution in [0.1, 0.15) is 24.5 Å². The number of aliphatic hydroxyl groups is 1. The molecule has 1 saturated heterocycles. The van der Waals surface area contributed by atoms with Crippen LogP contribution in [0.15, 0.2) is 47.3 Å². The van der Waals surface area contributed by atoms with Gasteiger partial charge in [-0.1, -0.05) is 35.1 Å². The third-order valence-electron chi connectivity index (χ3n) is 5.46. The normalized spacial score (nSPS) is 17.2. The Morgan fingerprint density at radius 3 is 2.61 bits per heavy atom. The number of nitrogens with zero attached hydrogens (tertiary/aromatic N) is 2. The summed E-state index contributed by atoms with van der Waals surface area (Å²) in [7, 11) is 0. The molecule has 0 amide bonds. The topological polar surface area (TPSA) is 45.5 Å². The Balaban J connectivity index is 1.36. The Kier molecular flexibility index (Phi) is 5.83. The molecule has 0 spiro atoms.